The fraction of sp³-hybridized carbons (Fsp3) is 0.0323. The minimum Gasteiger partial charge on any atom is -0.342 e. The number of rotatable bonds is 2. The van der Waals surface area contributed by atoms with Gasteiger partial charge in [-0.1, -0.05) is 84.9 Å². The second-order valence-corrected chi connectivity index (χ2v) is 9.73. The fourth-order valence-corrected chi connectivity index (χ4v) is 6.43. The van der Waals surface area contributed by atoms with Crippen LogP contribution in [0.15, 0.2) is 109 Å². The van der Waals surface area contributed by atoms with Crippen LogP contribution in [0.4, 0.5) is 0 Å². The first kappa shape index (κ1) is 18.7. The van der Waals surface area contributed by atoms with Crippen molar-refractivity contribution >= 4 is 53.3 Å². The van der Waals surface area contributed by atoms with Crippen LogP contribution in [-0.2, 0) is 7.05 Å². The van der Waals surface area contributed by atoms with Crippen molar-refractivity contribution in [2.75, 3.05) is 0 Å². The van der Waals surface area contributed by atoms with Crippen LogP contribution in [0.25, 0.3) is 64.2 Å². The lowest BCUT2D eigenvalue weighted by Crippen LogP contribution is -1.86. The van der Waals surface area contributed by atoms with Gasteiger partial charge < -0.3 is 4.57 Å². The van der Waals surface area contributed by atoms with Crippen LogP contribution in [0.5, 0.6) is 0 Å². The van der Waals surface area contributed by atoms with Crippen molar-refractivity contribution in [2.45, 2.75) is 0 Å². The molecule has 0 N–H and O–H groups in total. The Morgan fingerprint density at radius 1 is 0.515 bits per heavy atom. The predicted octanol–water partition coefficient (Wildman–Crippen LogP) is 9.03. The van der Waals surface area contributed by atoms with Crippen molar-refractivity contribution in [1.82, 2.24) is 4.57 Å². The monoisotopic (exact) mass is 439 g/mol. The highest BCUT2D eigenvalue weighted by Gasteiger charge is 2.16. The summed E-state index contributed by atoms with van der Waals surface area (Å²) < 4.78 is 5.08. The summed E-state index contributed by atoms with van der Waals surface area (Å²) in [5, 5.41) is 5.33. The maximum absolute atomic E-state index is 2.37. The molecule has 0 unspecified atom stereocenters. The van der Waals surface area contributed by atoms with Crippen LogP contribution < -0.4 is 0 Å². The molecule has 2 heterocycles. The van der Waals surface area contributed by atoms with Crippen LogP contribution in [0.3, 0.4) is 0 Å². The molecule has 0 atom stereocenters. The van der Waals surface area contributed by atoms with E-state index in [1.165, 1.54) is 64.2 Å². The molecule has 7 rings (SSSR count). The maximum atomic E-state index is 2.37. The Balaban J connectivity index is 1.50. The third-order valence-electron chi connectivity index (χ3n) is 6.81. The molecule has 0 saturated heterocycles. The van der Waals surface area contributed by atoms with Gasteiger partial charge in [-0.05, 0) is 46.5 Å². The summed E-state index contributed by atoms with van der Waals surface area (Å²) in [5.41, 5.74) is 7.66. The number of aryl methyl sites for hydroxylation is 1. The Morgan fingerprint density at radius 2 is 1.12 bits per heavy atom. The molecule has 1 nitrogen and oxygen atoms in total. The highest BCUT2D eigenvalue weighted by Crippen LogP contribution is 2.43. The van der Waals surface area contributed by atoms with Crippen molar-refractivity contribution in [3.05, 3.63) is 109 Å². The van der Waals surface area contributed by atoms with Gasteiger partial charge in [0.05, 0.1) is 10.2 Å². The summed E-state index contributed by atoms with van der Waals surface area (Å²) >= 11 is 1.90. The molecule has 0 fully saturated rings. The van der Waals surface area contributed by atoms with Crippen molar-refractivity contribution in [3.63, 3.8) is 0 Å². The van der Waals surface area contributed by atoms with Gasteiger partial charge >= 0.3 is 0 Å². The number of fused-ring (bicyclic) bond motifs is 7. The second kappa shape index (κ2) is 7.06. The van der Waals surface area contributed by atoms with Gasteiger partial charge in [-0.15, -0.1) is 11.3 Å². The molecular weight excluding hydrogens is 418 g/mol. The van der Waals surface area contributed by atoms with Gasteiger partial charge in [0.1, 0.15) is 0 Å². The summed E-state index contributed by atoms with van der Waals surface area (Å²) in [6.45, 7) is 0. The lowest BCUT2D eigenvalue weighted by Gasteiger charge is -2.03. The summed E-state index contributed by atoms with van der Waals surface area (Å²) in [6, 6.07) is 39.7. The van der Waals surface area contributed by atoms with E-state index in [1.807, 2.05) is 11.3 Å². The average molecular weight is 440 g/mol. The molecule has 156 valence electrons. The van der Waals surface area contributed by atoms with Gasteiger partial charge in [-0.2, -0.15) is 0 Å². The van der Waals surface area contributed by atoms with E-state index >= 15 is 0 Å². The van der Waals surface area contributed by atoms with E-state index in [2.05, 4.69) is 121 Å². The molecule has 0 aliphatic carbocycles. The molecule has 0 amide bonds. The summed E-state index contributed by atoms with van der Waals surface area (Å²) in [4.78, 5) is 0. The molecule has 2 aromatic heterocycles. The third-order valence-corrected chi connectivity index (χ3v) is 8.00. The topological polar surface area (TPSA) is 4.93 Å². The minimum atomic E-state index is 1.26. The highest BCUT2D eigenvalue weighted by molar-refractivity contribution is 7.26. The molecule has 5 aromatic carbocycles. The van der Waals surface area contributed by atoms with Crippen molar-refractivity contribution in [3.8, 4) is 22.3 Å². The first-order chi connectivity index (χ1) is 16.3. The largest absolute Gasteiger partial charge is 0.342 e. The van der Waals surface area contributed by atoms with E-state index in [0.717, 1.165) is 0 Å². The van der Waals surface area contributed by atoms with E-state index in [0.29, 0.717) is 0 Å². The van der Waals surface area contributed by atoms with E-state index in [-0.39, 0.29) is 0 Å². The first-order valence-corrected chi connectivity index (χ1v) is 12.1. The summed E-state index contributed by atoms with van der Waals surface area (Å²) in [7, 11) is 2.20. The minimum absolute atomic E-state index is 1.26. The number of benzene rings is 5. The fourth-order valence-electron chi connectivity index (χ4n) is 5.16. The number of thiophene rings is 1. The predicted molar refractivity (Wildman–Crippen MR) is 144 cm³/mol. The molecule has 7 aromatic rings. The lowest BCUT2D eigenvalue weighted by atomic mass is 10.0. The van der Waals surface area contributed by atoms with Crippen LogP contribution >= 0.6 is 11.3 Å². The van der Waals surface area contributed by atoms with Crippen molar-refractivity contribution < 1.29 is 0 Å². The molecule has 33 heavy (non-hydrogen) atoms. The first-order valence-electron chi connectivity index (χ1n) is 11.3. The SMILES string of the molecule is Cn1c2ccc(-c3ccccc3)cc2c2ccc3c4cc(-c5ccccc5)ccc4sc3c21. The molecular formula is C31H21NS. The van der Waals surface area contributed by atoms with E-state index in [1.54, 1.807) is 0 Å². The van der Waals surface area contributed by atoms with Gasteiger partial charge in [0.15, 0.2) is 0 Å². The summed E-state index contributed by atoms with van der Waals surface area (Å²) in [5.74, 6) is 0. The maximum Gasteiger partial charge on any atom is 0.0670 e. The van der Waals surface area contributed by atoms with Gasteiger partial charge in [0.25, 0.3) is 0 Å². The quantitative estimate of drug-likeness (QED) is 0.253. The zero-order valence-electron chi connectivity index (χ0n) is 18.2. The number of hydrogen-bond acceptors (Lipinski definition) is 1. The number of aromatic nitrogens is 1. The Labute approximate surface area is 196 Å². The molecule has 0 spiro atoms. The van der Waals surface area contributed by atoms with Crippen LogP contribution in [0.1, 0.15) is 0 Å². The Bertz CT molecular complexity index is 1800. The number of nitrogens with zero attached hydrogens (tertiary/aromatic N) is 1. The van der Waals surface area contributed by atoms with E-state index in [9.17, 15) is 0 Å². The standard InChI is InChI=1S/C31H21NS/c1-32-28-16-12-22(20-8-4-2-5-9-20)18-26(28)24-14-15-25-27-19-23(21-10-6-3-7-11-21)13-17-29(27)33-31(25)30(24)32/h2-19H,1H3. The summed E-state index contributed by atoms with van der Waals surface area (Å²) in [6.07, 6.45) is 0. The zero-order chi connectivity index (χ0) is 21.9. The van der Waals surface area contributed by atoms with Crippen LogP contribution in [0.2, 0.25) is 0 Å². The molecule has 0 saturated carbocycles. The van der Waals surface area contributed by atoms with Crippen molar-refractivity contribution in [2.24, 2.45) is 7.05 Å². The van der Waals surface area contributed by atoms with E-state index < -0.39 is 0 Å². The molecule has 0 aliphatic heterocycles. The molecule has 0 bridgehead atoms. The van der Waals surface area contributed by atoms with Gasteiger partial charge in [0.2, 0.25) is 0 Å². The smallest absolute Gasteiger partial charge is 0.0670 e. The molecule has 2 heteroatoms. The third kappa shape index (κ3) is 2.78. The molecule has 0 radical (unpaired) electrons. The second-order valence-electron chi connectivity index (χ2n) is 8.67. The van der Waals surface area contributed by atoms with E-state index in [4.69, 9.17) is 0 Å². The van der Waals surface area contributed by atoms with Gasteiger partial charge in [0, 0.05) is 38.8 Å². The highest BCUT2D eigenvalue weighted by atomic mass is 32.1. The van der Waals surface area contributed by atoms with Gasteiger partial charge in [-0.25, -0.2) is 0 Å². The normalized spacial score (nSPS) is 11.8. The Kier molecular flexibility index (Phi) is 3.99. The van der Waals surface area contributed by atoms with Crippen LogP contribution in [-0.4, -0.2) is 4.57 Å². The lowest BCUT2D eigenvalue weighted by molar-refractivity contribution is 1.02. The Morgan fingerprint density at radius 3 is 1.82 bits per heavy atom. The van der Waals surface area contributed by atoms with Gasteiger partial charge in [-0.3, -0.25) is 0 Å². The van der Waals surface area contributed by atoms with Crippen LogP contribution in [0, 0.1) is 0 Å². The molecule has 0 aliphatic rings. The number of hydrogen-bond donors (Lipinski definition) is 0. The average Bonchev–Trinajstić information content (AvgIpc) is 3.39. The zero-order valence-corrected chi connectivity index (χ0v) is 19.1. The Hall–Kier alpha value is -3.88. The van der Waals surface area contributed by atoms with Crippen molar-refractivity contribution in [1.29, 1.82) is 0 Å².